The molecule has 0 saturated heterocycles. The second-order valence-electron chi connectivity index (χ2n) is 7.12. The van der Waals surface area contributed by atoms with Gasteiger partial charge in [0.1, 0.15) is 5.82 Å². The van der Waals surface area contributed by atoms with E-state index in [0.29, 0.717) is 5.92 Å². The van der Waals surface area contributed by atoms with Gasteiger partial charge in [-0.05, 0) is 49.8 Å². The van der Waals surface area contributed by atoms with Crippen molar-refractivity contribution in [2.45, 2.75) is 59.5 Å². The molecule has 3 heteroatoms. The lowest BCUT2D eigenvalue weighted by atomic mass is 10.1. The van der Waals surface area contributed by atoms with Crippen LogP contribution >= 0.6 is 0 Å². The highest BCUT2D eigenvalue weighted by molar-refractivity contribution is 5.42. The minimum absolute atomic E-state index is 0.683. The van der Waals surface area contributed by atoms with Crippen molar-refractivity contribution in [1.29, 1.82) is 0 Å². The monoisotopic (exact) mass is 289 g/mol. The fourth-order valence-electron chi connectivity index (χ4n) is 2.48. The smallest absolute Gasteiger partial charge is 0.129 e. The number of aromatic nitrogens is 1. The van der Waals surface area contributed by atoms with Crippen molar-refractivity contribution in [1.82, 2.24) is 10.3 Å². The topological polar surface area (TPSA) is 28.2 Å². The predicted molar refractivity (Wildman–Crippen MR) is 90.6 cm³/mol. The zero-order valence-corrected chi connectivity index (χ0v) is 14.1. The lowest BCUT2D eigenvalue weighted by molar-refractivity contribution is 0.546. The molecule has 2 rings (SSSR count). The molecule has 1 saturated carbocycles. The molecule has 0 unspecified atom stereocenters. The first kappa shape index (κ1) is 16.3. The molecule has 0 aliphatic heterocycles. The van der Waals surface area contributed by atoms with Gasteiger partial charge in [-0.2, -0.15) is 0 Å². The summed E-state index contributed by atoms with van der Waals surface area (Å²) in [7, 11) is 0. The number of anilines is 1. The van der Waals surface area contributed by atoms with Crippen molar-refractivity contribution >= 4 is 5.82 Å². The van der Waals surface area contributed by atoms with E-state index < -0.39 is 0 Å². The Kier molecular flexibility index (Phi) is 6.04. The molecule has 0 radical (unpaired) electrons. The zero-order chi connectivity index (χ0) is 15.2. The van der Waals surface area contributed by atoms with Gasteiger partial charge in [0.2, 0.25) is 0 Å². The maximum atomic E-state index is 4.87. The van der Waals surface area contributed by atoms with Gasteiger partial charge in [-0.15, -0.1) is 0 Å². The zero-order valence-electron chi connectivity index (χ0n) is 14.1. The molecule has 1 aromatic rings. The van der Waals surface area contributed by atoms with Crippen LogP contribution in [0, 0.1) is 11.8 Å². The summed E-state index contributed by atoms with van der Waals surface area (Å²) in [5.41, 5.74) is 1.16. The molecule has 0 aromatic carbocycles. The number of rotatable bonds is 9. The van der Waals surface area contributed by atoms with E-state index in [1.54, 1.807) is 0 Å². The van der Waals surface area contributed by atoms with E-state index >= 15 is 0 Å². The van der Waals surface area contributed by atoms with Crippen molar-refractivity contribution in [2.75, 3.05) is 18.0 Å². The Labute approximate surface area is 130 Å². The van der Waals surface area contributed by atoms with Crippen LogP contribution in [-0.4, -0.2) is 24.1 Å². The fraction of sp³-hybridized carbons (Fsp3) is 0.722. The van der Waals surface area contributed by atoms with Gasteiger partial charge in [0, 0.05) is 19.1 Å². The van der Waals surface area contributed by atoms with Crippen molar-refractivity contribution in [3.8, 4) is 0 Å². The van der Waals surface area contributed by atoms with Crippen molar-refractivity contribution in [3.63, 3.8) is 0 Å². The molecule has 0 amide bonds. The molecule has 21 heavy (non-hydrogen) atoms. The van der Waals surface area contributed by atoms with Crippen LogP contribution < -0.4 is 10.2 Å². The molecule has 1 aliphatic rings. The van der Waals surface area contributed by atoms with Crippen LogP contribution in [0.2, 0.25) is 0 Å². The third-order valence-corrected chi connectivity index (χ3v) is 3.88. The molecule has 1 aliphatic carbocycles. The number of nitrogens with one attached hydrogen (secondary N) is 1. The molecular formula is C18H31N3. The highest BCUT2D eigenvalue weighted by atomic mass is 15.2. The van der Waals surface area contributed by atoms with Crippen molar-refractivity contribution < 1.29 is 0 Å². The van der Waals surface area contributed by atoms with Crippen LogP contribution in [0.3, 0.4) is 0 Å². The molecule has 1 aromatic heterocycles. The lowest BCUT2D eigenvalue weighted by Gasteiger charge is -2.25. The molecule has 1 fully saturated rings. The van der Waals surface area contributed by atoms with E-state index in [4.69, 9.17) is 4.98 Å². The largest absolute Gasteiger partial charge is 0.354 e. The molecule has 1 heterocycles. The summed E-state index contributed by atoms with van der Waals surface area (Å²) in [4.78, 5) is 7.39. The van der Waals surface area contributed by atoms with Crippen LogP contribution in [0.15, 0.2) is 18.2 Å². The highest BCUT2D eigenvalue weighted by Gasteiger charge is 2.29. The molecule has 0 spiro atoms. The Hall–Kier alpha value is -1.09. The summed E-state index contributed by atoms with van der Waals surface area (Å²) in [6.07, 6.45) is 3.90. The number of hydrogen-bond donors (Lipinski definition) is 1. The second-order valence-corrected chi connectivity index (χ2v) is 7.12. The van der Waals surface area contributed by atoms with Gasteiger partial charge in [0.05, 0.1) is 5.69 Å². The summed E-state index contributed by atoms with van der Waals surface area (Å²) in [5, 5.41) is 3.48. The quantitative estimate of drug-likeness (QED) is 0.748. The summed E-state index contributed by atoms with van der Waals surface area (Å²) >= 11 is 0. The van der Waals surface area contributed by atoms with Gasteiger partial charge in [-0.3, -0.25) is 0 Å². The minimum atomic E-state index is 0.683. The van der Waals surface area contributed by atoms with Gasteiger partial charge in [0.15, 0.2) is 0 Å². The van der Waals surface area contributed by atoms with Crippen LogP contribution in [0.25, 0.3) is 0 Å². The lowest BCUT2D eigenvalue weighted by Crippen LogP contribution is -2.29. The predicted octanol–water partition coefficient (Wildman–Crippen LogP) is 3.84. The Bertz CT molecular complexity index is 424. The molecule has 1 N–H and O–H groups in total. The summed E-state index contributed by atoms with van der Waals surface area (Å²) < 4.78 is 0. The number of pyridine rings is 1. The number of nitrogens with zero attached hydrogens (tertiary/aromatic N) is 2. The minimum Gasteiger partial charge on any atom is -0.354 e. The van der Waals surface area contributed by atoms with Crippen LogP contribution in [0.5, 0.6) is 0 Å². The highest BCUT2D eigenvalue weighted by Crippen LogP contribution is 2.31. The van der Waals surface area contributed by atoms with E-state index in [9.17, 15) is 0 Å². The Morgan fingerprint density at radius 1 is 1.19 bits per heavy atom. The third-order valence-electron chi connectivity index (χ3n) is 3.88. The van der Waals surface area contributed by atoms with E-state index in [1.807, 2.05) is 0 Å². The maximum absolute atomic E-state index is 4.87. The molecular weight excluding hydrogens is 258 g/mol. The van der Waals surface area contributed by atoms with Gasteiger partial charge >= 0.3 is 0 Å². The summed E-state index contributed by atoms with van der Waals surface area (Å²) in [6.45, 7) is 12.1. The second kappa shape index (κ2) is 7.79. The summed E-state index contributed by atoms with van der Waals surface area (Å²) in [5.74, 6) is 2.60. The van der Waals surface area contributed by atoms with Gasteiger partial charge in [0.25, 0.3) is 0 Å². The summed E-state index contributed by atoms with van der Waals surface area (Å²) in [6, 6.07) is 7.18. The normalized spacial score (nSPS) is 15.0. The maximum Gasteiger partial charge on any atom is 0.129 e. The average Bonchev–Trinajstić information content (AvgIpc) is 3.23. The number of hydrogen-bond acceptors (Lipinski definition) is 3. The van der Waals surface area contributed by atoms with Crippen LogP contribution in [-0.2, 0) is 6.54 Å². The van der Waals surface area contributed by atoms with Crippen LogP contribution in [0.1, 0.15) is 52.7 Å². The third kappa shape index (κ3) is 5.66. The average molecular weight is 289 g/mol. The van der Waals surface area contributed by atoms with Gasteiger partial charge in [-0.1, -0.05) is 33.8 Å². The standard InChI is InChI=1S/C18H31N3/c1-14(2)10-11-21(17-8-9-17)18-7-5-6-16(20-18)13-19-12-15(3)4/h5-7,14-15,17,19H,8-13H2,1-4H3. The first-order valence-corrected chi connectivity index (χ1v) is 8.49. The first-order chi connectivity index (χ1) is 10.1. The SMILES string of the molecule is CC(C)CCN(c1cccc(CNCC(C)C)n1)C1CC1. The van der Waals surface area contributed by atoms with Gasteiger partial charge in [-0.25, -0.2) is 4.98 Å². The molecule has 3 nitrogen and oxygen atoms in total. The van der Waals surface area contributed by atoms with Crippen molar-refractivity contribution in [2.24, 2.45) is 11.8 Å². The van der Waals surface area contributed by atoms with E-state index in [1.165, 1.54) is 25.1 Å². The Morgan fingerprint density at radius 3 is 2.57 bits per heavy atom. The Balaban J connectivity index is 1.96. The van der Waals surface area contributed by atoms with E-state index in [2.05, 4.69) is 56.1 Å². The fourth-order valence-corrected chi connectivity index (χ4v) is 2.48. The molecule has 118 valence electrons. The van der Waals surface area contributed by atoms with Crippen LogP contribution in [0.4, 0.5) is 5.82 Å². The van der Waals surface area contributed by atoms with E-state index in [0.717, 1.165) is 37.3 Å². The molecule has 0 atom stereocenters. The van der Waals surface area contributed by atoms with E-state index in [-0.39, 0.29) is 0 Å². The van der Waals surface area contributed by atoms with Crippen molar-refractivity contribution in [3.05, 3.63) is 23.9 Å². The van der Waals surface area contributed by atoms with Gasteiger partial charge < -0.3 is 10.2 Å². The Morgan fingerprint density at radius 2 is 1.95 bits per heavy atom. The first-order valence-electron chi connectivity index (χ1n) is 8.49. The molecule has 0 bridgehead atoms.